The SMILES string of the molecule is CC[C@@H](C(=O)NC)N(Cc1ccc(Cl)cc1)C(=O)CN(c1ccc(OC)cc1)S(C)(=O)=O. The van der Waals surface area contributed by atoms with Crippen molar-refractivity contribution in [3.05, 3.63) is 59.1 Å². The van der Waals surface area contributed by atoms with E-state index in [0.29, 0.717) is 22.9 Å². The van der Waals surface area contributed by atoms with E-state index in [9.17, 15) is 18.0 Å². The Morgan fingerprint density at radius 1 is 1.09 bits per heavy atom. The molecule has 2 aromatic carbocycles. The van der Waals surface area contributed by atoms with Crippen LogP contribution in [0.1, 0.15) is 18.9 Å². The Hall–Kier alpha value is -2.78. The summed E-state index contributed by atoms with van der Waals surface area (Å²) in [6, 6.07) is 12.5. The number of hydrogen-bond donors (Lipinski definition) is 1. The van der Waals surface area contributed by atoms with Gasteiger partial charge in [-0.3, -0.25) is 13.9 Å². The van der Waals surface area contributed by atoms with Crippen molar-refractivity contribution in [2.75, 3.05) is 31.3 Å². The van der Waals surface area contributed by atoms with Crippen LogP contribution < -0.4 is 14.4 Å². The molecule has 0 heterocycles. The van der Waals surface area contributed by atoms with Crippen molar-refractivity contribution in [2.24, 2.45) is 0 Å². The average Bonchev–Trinajstić information content (AvgIpc) is 2.77. The summed E-state index contributed by atoms with van der Waals surface area (Å²) in [6.45, 7) is 1.47. The first-order chi connectivity index (χ1) is 15.1. The maximum atomic E-state index is 13.4. The number of ether oxygens (including phenoxy) is 1. The predicted octanol–water partition coefficient (Wildman–Crippen LogP) is 2.67. The van der Waals surface area contributed by atoms with Gasteiger partial charge in [0, 0.05) is 18.6 Å². The molecule has 2 rings (SSSR count). The third-order valence-electron chi connectivity index (χ3n) is 4.94. The maximum Gasteiger partial charge on any atom is 0.244 e. The van der Waals surface area contributed by atoms with Crippen molar-refractivity contribution in [1.29, 1.82) is 0 Å². The molecule has 1 N–H and O–H groups in total. The molecule has 1 atom stereocenters. The molecule has 0 unspecified atom stereocenters. The Balaban J connectivity index is 2.39. The zero-order valence-electron chi connectivity index (χ0n) is 18.5. The van der Waals surface area contributed by atoms with Crippen molar-refractivity contribution in [3.63, 3.8) is 0 Å². The molecule has 0 aliphatic carbocycles. The molecule has 0 radical (unpaired) electrons. The van der Waals surface area contributed by atoms with Crippen molar-refractivity contribution < 1.29 is 22.7 Å². The largest absolute Gasteiger partial charge is 0.497 e. The fourth-order valence-corrected chi connectivity index (χ4v) is 4.21. The van der Waals surface area contributed by atoms with Gasteiger partial charge >= 0.3 is 0 Å². The van der Waals surface area contributed by atoms with Gasteiger partial charge in [-0.25, -0.2) is 8.42 Å². The Labute approximate surface area is 194 Å². The lowest BCUT2D eigenvalue weighted by molar-refractivity contribution is -0.140. The summed E-state index contributed by atoms with van der Waals surface area (Å²) in [7, 11) is -0.775. The first kappa shape index (κ1) is 25.5. The smallest absolute Gasteiger partial charge is 0.244 e. The number of likely N-dealkylation sites (N-methyl/N-ethyl adjacent to an activating group) is 1. The highest BCUT2D eigenvalue weighted by atomic mass is 35.5. The summed E-state index contributed by atoms with van der Waals surface area (Å²) in [5.74, 6) is -0.273. The van der Waals surface area contributed by atoms with E-state index in [0.717, 1.165) is 16.1 Å². The number of anilines is 1. The van der Waals surface area contributed by atoms with Crippen molar-refractivity contribution >= 4 is 39.1 Å². The minimum Gasteiger partial charge on any atom is -0.497 e. The Kier molecular flexibility index (Phi) is 8.91. The molecule has 8 nitrogen and oxygen atoms in total. The molecule has 0 saturated heterocycles. The summed E-state index contributed by atoms with van der Waals surface area (Å²) in [5.41, 5.74) is 1.08. The van der Waals surface area contributed by atoms with Gasteiger partial charge in [0.15, 0.2) is 0 Å². The van der Waals surface area contributed by atoms with E-state index in [2.05, 4.69) is 5.32 Å². The normalized spacial score (nSPS) is 12.0. The number of nitrogens with zero attached hydrogens (tertiary/aromatic N) is 2. The number of amides is 2. The molecular formula is C22H28ClN3O5S. The van der Waals surface area contributed by atoms with E-state index in [1.807, 2.05) is 0 Å². The molecule has 0 fully saturated rings. The van der Waals surface area contributed by atoms with E-state index in [4.69, 9.17) is 16.3 Å². The van der Waals surface area contributed by atoms with Gasteiger partial charge in [-0.2, -0.15) is 0 Å². The molecule has 0 aliphatic heterocycles. The van der Waals surface area contributed by atoms with E-state index in [1.54, 1.807) is 55.5 Å². The quantitative estimate of drug-likeness (QED) is 0.562. The molecule has 32 heavy (non-hydrogen) atoms. The van der Waals surface area contributed by atoms with Gasteiger partial charge in [0.25, 0.3) is 0 Å². The standard InChI is InChI=1S/C22H28ClN3O5S/c1-5-20(22(28)24-2)25(14-16-6-8-17(23)9-7-16)21(27)15-26(32(4,29)30)18-10-12-19(31-3)13-11-18/h6-13,20H,5,14-15H2,1-4H3,(H,24,28)/t20-/m0/s1. The molecule has 0 aliphatic rings. The molecule has 2 amide bonds. The zero-order chi connectivity index (χ0) is 23.9. The molecule has 0 aromatic heterocycles. The number of methoxy groups -OCH3 is 1. The van der Waals surface area contributed by atoms with E-state index < -0.39 is 28.5 Å². The summed E-state index contributed by atoms with van der Waals surface area (Å²) in [6.07, 6.45) is 1.39. The number of benzene rings is 2. The van der Waals surface area contributed by atoms with Crippen molar-refractivity contribution in [3.8, 4) is 5.75 Å². The fourth-order valence-electron chi connectivity index (χ4n) is 3.23. The number of carbonyl (C=O) groups is 2. The van der Waals surface area contributed by atoms with E-state index in [-0.39, 0.29) is 12.5 Å². The number of nitrogens with one attached hydrogen (secondary N) is 1. The summed E-state index contributed by atoms with van der Waals surface area (Å²) >= 11 is 5.95. The zero-order valence-corrected chi connectivity index (χ0v) is 20.1. The van der Waals surface area contributed by atoms with Gasteiger partial charge in [0.2, 0.25) is 21.8 Å². The molecule has 0 spiro atoms. The fraction of sp³-hybridized carbons (Fsp3) is 0.364. The lowest BCUT2D eigenvalue weighted by atomic mass is 10.1. The number of halogens is 1. The third kappa shape index (κ3) is 6.61. The minimum atomic E-state index is -3.78. The van der Waals surface area contributed by atoms with Crippen molar-refractivity contribution in [1.82, 2.24) is 10.2 Å². The Bertz CT molecular complexity index is 1030. The van der Waals surface area contributed by atoms with E-state index >= 15 is 0 Å². The van der Waals surface area contributed by atoms with Crippen LogP contribution in [0, 0.1) is 0 Å². The summed E-state index contributed by atoms with van der Waals surface area (Å²) < 4.78 is 31.1. The molecular weight excluding hydrogens is 454 g/mol. The molecule has 174 valence electrons. The van der Waals surface area contributed by atoms with Crippen LogP contribution in [0.4, 0.5) is 5.69 Å². The third-order valence-corrected chi connectivity index (χ3v) is 6.33. The van der Waals surface area contributed by atoms with Crippen LogP contribution in [0.15, 0.2) is 48.5 Å². The number of rotatable bonds is 10. The monoisotopic (exact) mass is 481 g/mol. The summed E-state index contributed by atoms with van der Waals surface area (Å²) in [5, 5.41) is 3.12. The van der Waals surface area contributed by atoms with Gasteiger partial charge in [-0.15, -0.1) is 0 Å². The van der Waals surface area contributed by atoms with Gasteiger partial charge < -0.3 is 15.0 Å². The number of sulfonamides is 1. The van der Waals surface area contributed by atoms with Gasteiger partial charge in [-0.05, 0) is 48.4 Å². The van der Waals surface area contributed by atoms with Gasteiger partial charge in [0.05, 0.1) is 19.1 Å². The molecule has 0 bridgehead atoms. The average molecular weight is 482 g/mol. The molecule has 0 saturated carbocycles. The van der Waals surface area contributed by atoms with Crippen LogP contribution in [0.3, 0.4) is 0 Å². The van der Waals surface area contributed by atoms with Crippen LogP contribution in [0.5, 0.6) is 5.75 Å². The van der Waals surface area contributed by atoms with Gasteiger partial charge in [0.1, 0.15) is 18.3 Å². The van der Waals surface area contributed by atoms with Crippen LogP contribution in [-0.2, 0) is 26.2 Å². The van der Waals surface area contributed by atoms with Crippen LogP contribution in [0.25, 0.3) is 0 Å². The Morgan fingerprint density at radius 3 is 2.16 bits per heavy atom. The Morgan fingerprint density at radius 2 is 1.69 bits per heavy atom. The molecule has 2 aromatic rings. The first-order valence-corrected chi connectivity index (χ1v) is 12.2. The lowest BCUT2D eigenvalue weighted by Gasteiger charge is -2.32. The van der Waals surface area contributed by atoms with Crippen molar-refractivity contribution in [2.45, 2.75) is 25.9 Å². The first-order valence-electron chi connectivity index (χ1n) is 9.98. The highest BCUT2D eigenvalue weighted by Gasteiger charge is 2.31. The highest BCUT2D eigenvalue weighted by Crippen LogP contribution is 2.23. The number of carbonyl (C=O) groups excluding carboxylic acids is 2. The van der Waals surface area contributed by atoms with Gasteiger partial charge in [-0.1, -0.05) is 30.7 Å². The minimum absolute atomic E-state index is 0.127. The maximum absolute atomic E-state index is 13.4. The van der Waals surface area contributed by atoms with E-state index in [1.165, 1.54) is 19.1 Å². The van der Waals surface area contributed by atoms with Crippen LogP contribution >= 0.6 is 11.6 Å². The summed E-state index contributed by atoms with van der Waals surface area (Å²) in [4.78, 5) is 27.3. The van der Waals surface area contributed by atoms with Crippen LogP contribution in [0.2, 0.25) is 5.02 Å². The predicted molar refractivity (Wildman–Crippen MR) is 125 cm³/mol. The second-order valence-corrected chi connectivity index (χ2v) is 9.50. The topological polar surface area (TPSA) is 96.0 Å². The second kappa shape index (κ2) is 11.2. The highest BCUT2D eigenvalue weighted by molar-refractivity contribution is 7.92. The second-order valence-electron chi connectivity index (χ2n) is 7.15. The van der Waals surface area contributed by atoms with Crippen LogP contribution in [-0.4, -0.2) is 58.1 Å². The lowest BCUT2D eigenvalue weighted by Crippen LogP contribution is -2.51. The molecule has 10 heteroatoms. The number of hydrogen-bond acceptors (Lipinski definition) is 5.